The Bertz CT molecular complexity index is 1030. The van der Waals surface area contributed by atoms with E-state index >= 15 is 4.11 Å². The van der Waals surface area contributed by atoms with Gasteiger partial charge in [-0.05, 0) is 24.7 Å². The summed E-state index contributed by atoms with van der Waals surface area (Å²) in [4.78, 5) is 28.1. The second kappa shape index (κ2) is 9.00. The minimum Gasteiger partial charge on any atom is -0.395 e. The molecule has 4 atom stereocenters. The zero-order valence-electron chi connectivity index (χ0n) is 19.3. The van der Waals surface area contributed by atoms with Crippen molar-refractivity contribution >= 4 is 25.9 Å². The molecular formula is C25H31FN2O4Si. The van der Waals surface area contributed by atoms with E-state index in [1.165, 1.54) is 0 Å². The molecule has 2 amide bonds. The van der Waals surface area contributed by atoms with Crippen molar-refractivity contribution in [1.82, 2.24) is 4.90 Å². The lowest BCUT2D eigenvalue weighted by atomic mass is 9.82. The average Bonchev–Trinajstić information content (AvgIpc) is 3.22. The van der Waals surface area contributed by atoms with Gasteiger partial charge < -0.3 is 24.2 Å². The van der Waals surface area contributed by atoms with Gasteiger partial charge in [-0.15, -0.1) is 0 Å². The number of carbonyl (C=O) groups is 2. The van der Waals surface area contributed by atoms with Gasteiger partial charge in [0.1, 0.15) is 0 Å². The first-order valence-corrected chi connectivity index (χ1v) is 14.3. The molecule has 2 aliphatic rings. The summed E-state index contributed by atoms with van der Waals surface area (Å²) >= 11 is 0. The summed E-state index contributed by atoms with van der Waals surface area (Å²) in [5, 5.41) is 12.4. The van der Waals surface area contributed by atoms with Gasteiger partial charge in [-0.25, -0.2) is 0 Å². The molecule has 1 spiro atoms. The molecular weight excluding hydrogens is 439 g/mol. The van der Waals surface area contributed by atoms with Crippen LogP contribution in [-0.2, 0) is 26.5 Å². The summed E-state index contributed by atoms with van der Waals surface area (Å²) in [7, 11) is -3.31. The number of hydrogen-bond acceptors (Lipinski definition) is 4. The van der Waals surface area contributed by atoms with Crippen LogP contribution in [0.2, 0.25) is 18.6 Å². The number of aliphatic hydroxyl groups is 1. The van der Waals surface area contributed by atoms with E-state index < -0.39 is 31.6 Å². The maximum absolute atomic E-state index is 15.6. The molecule has 33 heavy (non-hydrogen) atoms. The number of halogens is 1. The summed E-state index contributed by atoms with van der Waals surface area (Å²) < 4.78 is 22.1. The Labute approximate surface area is 194 Å². The minimum atomic E-state index is -3.31. The predicted octanol–water partition coefficient (Wildman–Crippen LogP) is 3.82. The van der Waals surface area contributed by atoms with Crippen LogP contribution >= 0.6 is 0 Å². The zero-order valence-corrected chi connectivity index (χ0v) is 20.3. The van der Waals surface area contributed by atoms with Gasteiger partial charge in [0.25, 0.3) is 5.91 Å². The highest BCUT2D eigenvalue weighted by molar-refractivity contribution is 6.72. The van der Waals surface area contributed by atoms with Gasteiger partial charge in [-0.1, -0.05) is 55.5 Å². The summed E-state index contributed by atoms with van der Waals surface area (Å²) in [6, 6.07) is 16.8. The molecule has 176 valence electrons. The molecule has 6 nitrogen and oxygen atoms in total. The van der Waals surface area contributed by atoms with Crippen molar-refractivity contribution in [2.75, 3.05) is 18.5 Å². The Hall–Kier alpha value is -2.55. The van der Waals surface area contributed by atoms with Crippen molar-refractivity contribution < 1.29 is 23.5 Å². The SMILES string of the molecule is C[C@H]1[C@H]([Si](C)(C)F)[C@@H](CC(=O)N(CCO)Cc2ccccc2)O[C@]12C(=O)Nc1ccccc12. The van der Waals surface area contributed by atoms with Crippen molar-refractivity contribution in [3.8, 4) is 0 Å². The highest BCUT2D eigenvalue weighted by Gasteiger charge is 2.65. The number of hydrogen-bond donors (Lipinski definition) is 2. The highest BCUT2D eigenvalue weighted by Crippen LogP contribution is 2.58. The molecule has 0 radical (unpaired) electrons. The normalized spacial score (nSPS) is 26.3. The third kappa shape index (κ3) is 4.23. The van der Waals surface area contributed by atoms with Gasteiger partial charge in [0.05, 0.1) is 19.1 Å². The van der Waals surface area contributed by atoms with Crippen molar-refractivity contribution in [1.29, 1.82) is 0 Å². The van der Waals surface area contributed by atoms with Crippen LogP contribution in [-0.4, -0.2) is 49.5 Å². The predicted molar refractivity (Wildman–Crippen MR) is 127 cm³/mol. The molecule has 1 saturated heterocycles. The van der Waals surface area contributed by atoms with Gasteiger partial charge in [-0.3, -0.25) is 9.59 Å². The molecule has 2 N–H and O–H groups in total. The Morgan fingerprint density at radius 3 is 2.52 bits per heavy atom. The quantitative estimate of drug-likeness (QED) is 0.476. The Morgan fingerprint density at radius 2 is 1.85 bits per heavy atom. The molecule has 2 aromatic carbocycles. The van der Waals surface area contributed by atoms with Crippen LogP contribution in [0.5, 0.6) is 0 Å². The summed E-state index contributed by atoms with van der Waals surface area (Å²) in [6.07, 6.45) is -0.771. The molecule has 2 heterocycles. The smallest absolute Gasteiger partial charge is 0.261 e. The first kappa shape index (κ1) is 23.6. The number of rotatable bonds is 7. The third-order valence-electron chi connectivity index (χ3n) is 6.94. The standard InChI is InChI=1S/C25H31FN2O4Si/c1-17-23(33(2,3)26)21(32-25(17)19-11-7-8-12-20(19)27-24(25)31)15-22(30)28(13-14-29)16-18-9-5-4-6-10-18/h4-12,17,21,23,29H,13-16H2,1-3H3,(H,27,31)/t17-,21+,23-,25+/m0/s1. The van der Waals surface area contributed by atoms with Gasteiger partial charge in [0, 0.05) is 35.8 Å². The van der Waals surface area contributed by atoms with Crippen LogP contribution in [0, 0.1) is 5.92 Å². The highest BCUT2D eigenvalue weighted by atomic mass is 28.4. The number of ether oxygens (including phenoxy) is 1. The number of anilines is 1. The van der Waals surface area contributed by atoms with Crippen LogP contribution in [0.3, 0.4) is 0 Å². The topological polar surface area (TPSA) is 78.9 Å². The number of benzene rings is 2. The summed E-state index contributed by atoms with van der Waals surface area (Å²) in [6.45, 7) is 5.43. The Kier molecular flexibility index (Phi) is 6.44. The maximum Gasteiger partial charge on any atom is 0.261 e. The fourth-order valence-electron chi connectivity index (χ4n) is 5.54. The molecule has 0 unspecified atom stereocenters. The van der Waals surface area contributed by atoms with Crippen LogP contribution in [0.25, 0.3) is 0 Å². The molecule has 0 aromatic heterocycles. The molecule has 0 saturated carbocycles. The van der Waals surface area contributed by atoms with E-state index in [0.29, 0.717) is 17.8 Å². The number of aliphatic hydroxyl groups excluding tert-OH is 1. The minimum absolute atomic E-state index is 0.0423. The lowest BCUT2D eigenvalue weighted by Crippen LogP contribution is -2.42. The Morgan fingerprint density at radius 1 is 1.18 bits per heavy atom. The molecule has 8 heteroatoms. The molecule has 2 aliphatic heterocycles. The van der Waals surface area contributed by atoms with Gasteiger partial charge >= 0.3 is 0 Å². The molecule has 0 aliphatic carbocycles. The van der Waals surface area contributed by atoms with Gasteiger partial charge in [-0.2, -0.15) is 0 Å². The lowest BCUT2D eigenvalue weighted by molar-refractivity contribution is -0.148. The van der Waals surface area contributed by atoms with Gasteiger partial charge in [0.15, 0.2) is 5.60 Å². The van der Waals surface area contributed by atoms with E-state index in [2.05, 4.69) is 5.32 Å². The van der Waals surface area contributed by atoms with E-state index in [1.807, 2.05) is 61.5 Å². The number of fused-ring (bicyclic) bond motifs is 2. The van der Waals surface area contributed by atoms with Crippen molar-refractivity contribution in [2.24, 2.45) is 5.92 Å². The first-order valence-electron chi connectivity index (χ1n) is 11.4. The lowest BCUT2D eigenvalue weighted by Gasteiger charge is -2.30. The average molecular weight is 471 g/mol. The number of nitrogens with one attached hydrogen (secondary N) is 1. The molecule has 4 rings (SSSR count). The van der Waals surface area contributed by atoms with E-state index in [0.717, 1.165) is 5.56 Å². The molecule has 1 fully saturated rings. The summed E-state index contributed by atoms with van der Waals surface area (Å²) in [5.41, 5.74) is 0.481. The zero-order chi connectivity index (χ0) is 23.8. The van der Waals surface area contributed by atoms with E-state index in [9.17, 15) is 14.7 Å². The fraction of sp³-hybridized carbons (Fsp3) is 0.440. The number of para-hydroxylation sites is 1. The van der Waals surface area contributed by atoms with Crippen LogP contribution in [0.1, 0.15) is 24.5 Å². The second-order valence-electron chi connectivity index (χ2n) is 9.50. The van der Waals surface area contributed by atoms with Crippen LogP contribution in [0.15, 0.2) is 54.6 Å². The first-order chi connectivity index (χ1) is 15.7. The second-order valence-corrected chi connectivity index (χ2v) is 13.3. The van der Waals surface area contributed by atoms with Crippen LogP contribution < -0.4 is 5.32 Å². The van der Waals surface area contributed by atoms with E-state index in [4.69, 9.17) is 4.74 Å². The monoisotopic (exact) mass is 470 g/mol. The third-order valence-corrected chi connectivity index (χ3v) is 9.39. The fourth-order valence-corrected chi connectivity index (χ4v) is 8.03. The van der Waals surface area contributed by atoms with Crippen LogP contribution in [0.4, 0.5) is 9.80 Å². The largest absolute Gasteiger partial charge is 0.395 e. The van der Waals surface area contributed by atoms with Crippen molar-refractivity contribution in [2.45, 2.75) is 50.2 Å². The Balaban J connectivity index is 1.63. The maximum atomic E-state index is 15.6. The van der Waals surface area contributed by atoms with E-state index in [1.54, 1.807) is 18.0 Å². The summed E-state index contributed by atoms with van der Waals surface area (Å²) in [5.74, 6) is -0.950. The molecule has 2 aromatic rings. The number of carbonyl (C=O) groups excluding carboxylic acids is 2. The van der Waals surface area contributed by atoms with E-state index in [-0.39, 0.29) is 31.4 Å². The molecule has 0 bridgehead atoms. The number of amides is 2. The van der Waals surface area contributed by atoms with Crippen molar-refractivity contribution in [3.63, 3.8) is 0 Å². The van der Waals surface area contributed by atoms with Gasteiger partial charge in [0.2, 0.25) is 14.3 Å². The van der Waals surface area contributed by atoms with Crippen molar-refractivity contribution in [3.05, 3.63) is 65.7 Å². The number of nitrogens with zero attached hydrogens (tertiary/aromatic N) is 1.